The summed E-state index contributed by atoms with van der Waals surface area (Å²) >= 11 is 0. The van der Waals surface area contributed by atoms with Crippen molar-refractivity contribution in [2.24, 2.45) is 0 Å². The van der Waals surface area contributed by atoms with Gasteiger partial charge in [0.1, 0.15) is 23.0 Å². The number of rotatable bonds is 3. The zero-order valence-corrected chi connectivity index (χ0v) is 13.4. The van der Waals surface area contributed by atoms with E-state index in [0.29, 0.717) is 0 Å². The van der Waals surface area contributed by atoms with Gasteiger partial charge in [-0.25, -0.2) is 0 Å². The third-order valence-corrected chi connectivity index (χ3v) is 4.10. The maximum Gasteiger partial charge on any atom is 0.142 e. The molecule has 2 N–H and O–H groups in total. The molecule has 0 atom stereocenters. The predicted molar refractivity (Wildman–Crippen MR) is 98.3 cm³/mol. The Hall–Kier alpha value is -3.46. The molecule has 4 aromatic rings. The molecule has 0 spiro atoms. The van der Waals surface area contributed by atoms with E-state index in [1.807, 2.05) is 60.7 Å². The van der Waals surface area contributed by atoms with Crippen LogP contribution in [0.4, 0.5) is 0 Å². The summed E-state index contributed by atoms with van der Waals surface area (Å²) in [4.78, 5) is 0. The Morgan fingerprint density at radius 2 is 1.12 bits per heavy atom. The lowest BCUT2D eigenvalue weighted by Crippen LogP contribution is -1.79. The minimum atomic E-state index is 0.218. The topological polar surface area (TPSA) is 53.6 Å². The van der Waals surface area contributed by atoms with Crippen molar-refractivity contribution >= 4 is 0 Å². The van der Waals surface area contributed by atoms with Gasteiger partial charge in [-0.15, -0.1) is 0 Å². The Morgan fingerprint density at radius 3 is 1.72 bits per heavy atom. The first-order valence-corrected chi connectivity index (χ1v) is 7.99. The average Bonchev–Trinajstić information content (AvgIpc) is 3.09. The van der Waals surface area contributed by atoms with Crippen LogP contribution in [0.5, 0.6) is 11.5 Å². The highest BCUT2D eigenvalue weighted by Crippen LogP contribution is 2.39. The molecule has 1 aromatic heterocycles. The van der Waals surface area contributed by atoms with Gasteiger partial charge in [0.25, 0.3) is 0 Å². The molecule has 0 bridgehead atoms. The lowest BCUT2D eigenvalue weighted by atomic mass is 10.0. The zero-order chi connectivity index (χ0) is 17.2. The number of furan rings is 1. The molecule has 3 heteroatoms. The molecule has 0 aliphatic carbocycles. The van der Waals surface area contributed by atoms with Crippen LogP contribution in [-0.2, 0) is 0 Å². The van der Waals surface area contributed by atoms with Gasteiger partial charge >= 0.3 is 0 Å². The fourth-order valence-electron chi connectivity index (χ4n) is 2.82. The summed E-state index contributed by atoms with van der Waals surface area (Å²) in [6.45, 7) is 0. The van der Waals surface area contributed by atoms with E-state index in [1.165, 1.54) is 0 Å². The van der Waals surface area contributed by atoms with Crippen LogP contribution in [0.25, 0.3) is 33.8 Å². The number of benzene rings is 3. The average molecular weight is 328 g/mol. The molecule has 0 amide bonds. The van der Waals surface area contributed by atoms with Gasteiger partial charge in [-0.05, 0) is 60.2 Å². The molecule has 0 saturated heterocycles. The molecule has 0 aliphatic rings. The third-order valence-electron chi connectivity index (χ3n) is 4.10. The summed E-state index contributed by atoms with van der Waals surface area (Å²) in [6, 6.07) is 25.9. The molecule has 0 aliphatic heterocycles. The molecule has 0 fully saturated rings. The second kappa shape index (κ2) is 6.21. The minimum absolute atomic E-state index is 0.218. The quantitative estimate of drug-likeness (QED) is 0.508. The van der Waals surface area contributed by atoms with Crippen LogP contribution in [0.15, 0.2) is 89.3 Å². The van der Waals surface area contributed by atoms with Gasteiger partial charge in [0.05, 0.1) is 0 Å². The largest absolute Gasteiger partial charge is 0.508 e. The predicted octanol–water partition coefficient (Wildman–Crippen LogP) is 5.69. The molecule has 4 rings (SSSR count). The van der Waals surface area contributed by atoms with Gasteiger partial charge < -0.3 is 14.6 Å². The lowest BCUT2D eigenvalue weighted by molar-refractivity contribution is 0.475. The minimum Gasteiger partial charge on any atom is -0.508 e. The molecule has 3 nitrogen and oxygen atoms in total. The highest BCUT2D eigenvalue weighted by atomic mass is 16.3. The third kappa shape index (κ3) is 3.00. The van der Waals surface area contributed by atoms with Gasteiger partial charge in [-0.1, -0.05) is 30.3 Å². The van der Waals surface area contributed by atoms with Crippen LogP contribution in [-0.4, -0.2) is 10.2 Å². The summed E-state index contributed by atoms with van der Waals surface area (Å²) in [6.07, 6.45) is 0. The van der Waals surface area contributed by atoms with Gasteiger partial charge in [0.2, 0.25) is 0 Å². The van der Waals surface area contributed by atoms with Crippen molar-refractivity contribution in [2.45, 2.75) is 0 Å². The Morgan fingerprint density at radius 1 is 0.560 bits per heavy atom. The Kier molecular flexibility index (Phi) is 3.75. The molecule has 0 unspecified atom stereocenters. The molecular weight excluding hydrogens is 312 g/mol. The summed E-state index contributed by atoms with van der Waals surface area (Å²) in [5, 5.41) is 19.0. The Bertz CT molecular complexity index is 982. The van der Waals surface area contributed by atoms with Crippen LogP contribution in [0.1, 0.15) is 0 Å². The van der Waals surface area contributed by atoms with Crippen LogP contribution in [0.3, 0.4) is 0 Å². The second-order valence-corrected chi connectivity index (χ2v) is 5.81. The Balaban J connectivity index is 1.89. The van der Waals surface area contributed by atoms with E-state index in [2.05, 4.69) is 0 Å². The fourth-order valence-corrected chi connectivity index (χ4v) is 2.82. The van der Waals surface area contributed by atoms with Crippen LogP contribution < -0.4 is 0 Å². The first kappa shape index (κ1) is 15.1. The number of phenolic OH excluding ortho intramolecular Hbond substituents is 2. The molecule has 122 valence electrons. The standard InChI is InChI=1S/C22H16O3/c23-18-10-6-16(7-11-18)21-14-20(15-4-2-1-3-5-15)22(25-21)17-8-12-19(24)13-9-17/h1-14,23-24H. The van der Waals surface area contributed by atoms with E-state index >= 15 is 0 Å². The first-order valence-electron chi connectivity index (χ1n) is 7.99. The van der Waals surface area contributed by atoms with E-state index < -0.39 is 0 Å². The van der Waals surface area contributed by atoms with Crippen molar-refractivity contribution < 1.29 is 14.6 Å². The summed E-state index contributed by atoms with van der Waals surface area (Å²) in [7, 11) is 0. The van der Waals surface area contributed by atoms with Crippen LogP contribution in [0.2, 0.25) is 0 Å². The van der Waals surface area contributed by atoms with Crippen LogP contribution >= 0.6 is 0 Å². The van der Waals surface area contributed by atoms with Crippen molar-refractivity contribution in [1.82, 2.24) is 0 Å². The molecule has 3 aromatic carbocycles. The van der Waals surface area contributed by atoms with Crippen molar-refractivity contribution in [3.63, 3.8) is 0 Å². The monoisotopic (exact) mass is 328 g/mol. The maximum atomic E-state index is 9.54. The van der Waals surface area contributed by atoms with Crippen LogP contribution in [0, 0.1) is 0 Å². The lowest BCUT2D eigenvalue weighted by Gasteiger charge is -2.03. The second-order valence-electron chi connectivity index (χ2n) is 5.81. The molecule has 1 heterocycles. The highest BCUT2D eigenvalue weighted by Gasteiger charge is 2.16. The first-order chi connectivity index (χ1) is 12.2. The van der Waals surface area contributed by atoms with Gasteiger partial charge in [-0.3, -0.25) is 0 Å². The van der Waals surface area contributed by atoms with Crippen molar-refractivity contribution in [3.8, 4) is 45.3 Å². The van der Waals surface area contributed by atoms with Crippen molar-refractivity contribution in [2.75, 3.05) is 0 Å². The molecule has 0 radical (unpaired) electrons. The number of hydrogen-bond acceptors (Lipinski definition) is 3. The molecule has 25 heavy (non-hydrogen) atoms. The normalized spacial score (nSPS) is 10.7. The number of phenols is 2. The number of hydrogen-bond donors (Lipinski definition) is 2. The maximum absolute atomic E-state index is 9.54. The van der Waals surface area contributed by atoms with E-state index in [9.17, 15) is 10.2 Å². The SMILES string of the molecule is Oc1ccc(-c2cc(-c3ccccc3)c(-c3ccc(O)cc3)o2)cc1. The summed E-state index contributed by atoms with van der Waals surface area (Å²) < 4.78 is 6.16. The summed E-state index contributed by atoms with van der Waals surface area (Å²) in [5.41, 5.74) is 3.82. The summed E-state index contributed by atoms with van der Waals surface area (Å²) in [5.74, 6) is 1.91. The van der Waals surface area contributed by atoms with E-state index in [0.717, 1.165) is 33.8 Å². The van der Waals surface area contributed by atoms with Gasteiger partial charge in [0, 0.05) is 16.7 Å². The number of aromatic hydroxyl groups is 2. The zero-order valence-electron chi connectivity index (χ0n) is 13.4. The molecule has 0 saturated carbocycles. The van der Waals surface area contributed by atoms with E-state index in [4.69, 9.17) is 4.42 Å². The smallest absolute Gasteiger partial charge is 0.142 e. The van der Waals surface area contributed by atoms with Gasteiger partial charge in [0.15, 0.2) is 0 Å². The Labute approximate surface area is 145 Å². The van der Waals surface area contributed by atoms with E-state index in [-0.39, 0.29) is 11.5 Å². The highest BCUT2D eigenvalue weighted by molar-refractivity contribution is 5.83. The van der Waals surface area contributed by atoms with E-state index in [1.54, 1.807) is 24.3 Å². The fraction of sp³-hybridized carbons (Fsp3) is 0. The van der Waals surface area contributed by atoms with Crippen molar-refractivity contribution in [3.05, 3.63) is 84.9 Å². The van der Waals surface area contributed by atoms with Gasteiger partial charge in [-0.2, -0.15) is 0 Å². The molecular formula is C22H16O3. The van der Waals surface area contributed by atoms with Crippen molar-refractivity contribution in [1.29, 1.82) is 0 Å².